The van der Waals surface area contributed by atoms with Gasteiger partial charge in [-0.15, -0.1) is 0 Å². The highest BCUT2D eigenvalue weighted by atomic mass is 35.5. The van der Waals surface area contributed by atoms with E-state index in [1.807, 2.05) is 12.1 Å². The number of carbonyl (C=O) groups excluding carboxylic acids is 3. The molecule has 0 spiro atoms. The molecular formula is C28H25Cl2N3O4S. The van der Waals surface area contributed by atoms with Crippen molar-refractivity contribution < 1.29 is 19.1 Å². The van der Waals surface area contributed by atoms with Gasteiger partial charge < -0.3 is 15.0 Å². The van der Waals surface area contributed by atoms with Gasteiger partial charge in [0.05, 0.1) is 24.3 Å². The fraction of sp³-hybridized carbons (Fsp3) is 0.214. The summed E-state index contributed by atoms with van der Waals surface area (Å²) in [6.07, 6.45) is 0.495. The molecule has 38 heavy (non-hydrogen) atoms. The van der Waals surface area contributed by atoms with Gasteiger partial charge in [-0.1, -0.05) is 35.3 Å². The van der Waals surface area contributed by atoms with Gasteiger partial charge in [-0.05, 0) is 91.8 Å². The highest BCUT2D eigenvalue weighted by Gasteiger charge is 2.44. The number of thiocarbonyl (C=S) groups is 1. The van der Waals surface area contributed by atoms with E-state index in [4.69, 9.17) is 40.2 Å². The number of rotatable bonds is 9. The minimum atomic E-state index is -0.799. The van der Waals surface area contributed by atoms with E-state index in [0.717, 1.165) is 5.56 Å². The lowest BCUT2D eigenvalue weighted by Gasteiger charge is -2.24. The number of anilines is 2. The van der Waals surface area contributed by atoms with Gasteiger partial charge in [-0.2, -0.15) is 0 Å². The molecule has 0 aromatic heterocycles. The van der Waals surface area contributed by atoms with E-state index >= 15 is 0 Å². The Morgan fingerprint density at radius 2 is 1.55 bits per heavy atom. The zero-order valence-corrected chi connectivity index (χ0v) is 22.9. The van der Waals surface area contributed by atoms with Crippen LogP contribution in [0.25, 0.3) is 0 Å². The zero-order valence-electron chi connectivity index (χ0n) is 20.5. The van der Waals surface area contributed by atoms with Crippen LogP contribution in [0.3, 0.4) is 0 Å². The van der Waals surface area contributed by atoms with Crippen molar-refractivity contribution in [2.75, 3.05) is 23.4 Å². The summed E-state index contributed by atoms with van der Waals surface area (Å²) in [7, 11) is 0. The molecule has 3 aromatic rings. The number of nitrogens with one attached hydrogen (secondary N) is 1. The van der Waals surface area contributed by atoms with Crippen molar-refractivity contribution in [3.05, 3.63) is 94.0 Å². The van der Waals surface area contributed by atoms with Gasteiger partial charge >= 0.3 is 5.97 Å². The van der Waals surface area contributed by atoms with Gasteiger partial charge in [0.2, 0.25) is 5.91 Å². The number of benzene rings is 3. The predicted molar refractivity (Wildman–Crippen MR) is 153 cm³/mol. The Kier molecular flexibility index (Phi) is 8.99. The molecule has 1 aliphatic heterocycles. The van der Waals surface area contributed by atoms with Gasteiger partial charge in [0, 0.05) is 22.3 Å². The molecule has 0 saturated carbocycles. The molecule has 1 saturated heterocycles. The molecule has 1 fully saturated rings. The maximum absolute atomic E-state index is 13.6. The third-order valence-corrected chi connectivity index (χ3v) is 6.94. The van der Waals surface area contributed by atoms with Crippen molar-refractivity contribution in [1.29, 1.82) is 0 Å². The van der Waals surface area contributed by atoms with Crippen LogP contribution >= 0.6 is 35.4 Å². The number of esters is 1. The zero-order chi connectivity index (χ0) is 27.2. The van der Waals surface area contributed by atoms with Crippen LogP contribution in [0.4, 0.5) is 11.4 Å². The van der Waals surface area contributed by atoms with Crippen LogP contribution in [-0.2, 0) is 20.7 Å². The van der Waals surface area contributed by atoms with Gasteiger partial charge in [0.25, 0.3) is 5.91 Å². The number of amides is 2. The molecule has 0 bridgehead atoms. The number of carbonyl (C=O) groups is 3. The van der Waals surface area contributed by atoms with Gasteiger partial charge in [0.1, 0.15) is 6.04 Å². The molecule has 1 aliphatic rings. The number of hydrogen-bond acceptors (Lipinski definition) is 5. The Hall–Kier alpha value is -3.46. The minimum absolute atomic E-state index is 0.0976. The molecule has 7 nitrogen and oxygen atoms in total. The topological polar surface area (TPSA) is 78.9 Å². The van der Waals surface area contributed by atoms with E-state index in [-0.39, 0.29) is 30.0 Å². The third kappa shape index (κ3) is 6.51. The monoisotopic (exact) mass is 569 g/mol. The van der Waals surface area contributed by atoms with E-state index in [0.29, 0.717) is 39.9 Å². The summed E-state index contributed by atoms with van der Waals surface area (Å²) in [6, 6.07) is 19.8. The van der Waals surface area contributed by atoms with Crippen LogP contribution in [0.1, 0.15) is 29.3 Å². The Morgan fingerprint density at radius 1 is 0.947 bits per heavy atom. The van der Waals surface area contributed by atoms with Crippen LogP contribution in [0, 0.1) is 0 Å². The Labute approximate surface area is 236 Å². The smallest absolute Gasteiger partial charge is 0.338 e. The summed E-state index contributed by atoms with van der Waals surface area (Å²) >= 11 is 17.7. The first-order chi connectivity index (χ1) is 18.3. The average Bonchev–Trinajstić information content (AvgIpc) is 3.13. The maximum Gasteiger partial charge on any atom is 0.338 e. The normalized spacial score (nSPS) is 15.1. The molecule has 4 rings (SSSR count). The molecular weight excluding hydrogens is 545 g/mol. The Morgan fingerprint density at radius 3 is 2.16 bits per heavy atom. The second-order valence-electron chi connectivity index (χ2n) is 8.57. The first kappa shape index (κ1) is 27.6. The first-order valence-electron chi connectivity index (χ1n) is 12.0. The van der Waals surface area contributed by atoms with Crippen LogP contribution in [0.2, 0.25) is 10.0 Å². The Bertz CT molecular complexity index is 1330. The van der Waals surface area contributed by atoms with Gasteiger partial charge in [-0.3, -0.25) is 14.5 Å². The molecule has 3 aromatic carbocycles. The lowest BCUT2D eigenvalue weighted by Crippen LogP contribution is -2.39. The van der Waals surface area contributed by atoms with E-state index in [1.54, 1.807) is 72.5 Å². The summed E-state index contributed by atoms with van der Waals surface area (Å²) in [6.45, 7) is 2.41. The van der Waals surface area contributed by atoms with Gasteiger partial charge in [-0.25, -0.2) is 4.79 Å². The largest absolute Gasteiger partial charge is 0.462 e. The quantitative estimate of drug-likeness (QED) is 0.261. The molecule has 0 unspecified atom stereocenters. The van der Waals surface area contributed by atoms with Crippen molar-refractivity contribution in [3.8, 4) is 0 Å². The molecule has 1 atom stereocenters. The number of halogens is 2. The number of hydrogen-bond donors (Lipinski definition) is 1. The molecule has 1 heterocycles. The lowest BCUT2D eigenvalue weighted by molar-refractivity contribution is -0.124. The van der Waals surface area contributed by atoms with Crippen molar-refractivity contribution in [2.24, 2.45) is 0 Å². The van der Waals surface area contributed by atoms with Crippen molar-refractivity contribution in [1.82, 2.24) is 4.90 Å². The average molecular weight is 570 g/mol. The predicted octanol–water partition coefficient (Wildman–Crippen LogP) is 5.74. The molecule has 0 aliphatic carbocycles. The van der Waals surface area contributed by atoms with Crippen LogP contribution in [0.5, 0.6) is 0 Å². The molecule has 1 N–H and O–H groups in total. The first-order valence-corrected chi connectivity index (χ1v) is 13.1. The second kappa shape index (κ2) is 12.4. The number of nitrogens with zero attached hydrogens (tertiary/aromatic N) is 2. The van der Waals surface area contributed by atoms with Crippen molar-refractivity contribution in [3.63, 3.8) is 0 Å². The molecule has 2 amide bonds. The fourth-order valence-electron chi connectivity index (χ4n) is 4.11. The standard InChI is InChI=1S/C28H25Cl2N3O4S/c1-2-37-27(36)19-5-13-23(14-6-19)33-26(35)24(17-25(34)31-22-11-9-21(30)10-12-22)32(28(33)38)16-15-18-3-7-20(29)8-4-18/h3-14,24H,2,15-17H2,1H3,(H,31,34)/t24-/m0/s1. The lowest BCUT2D eigenvalue weighted by atomic mass is 10.1. The molecule has 10 heteroatoms. The summed E-state index contributed by atoms with van der Waals surface area (Å²) in [4.78, 5) is 41.8. The van der Waals surface area contributed by atoms with E-state index in [2.05, 4.69) is 5.32 Å². The van der Waals surface area contributed by atoms with Crippen molar-refractivity contribution in [2.45, 2.75) is 25.8 Å². The maximum atomic E-state index is 13.6. The van der Waals surface area contributed by atoms with Crippen molar-refractivity contribution >= 4 is 69.7 Å². The van der Waals surface area contributed by atoms with Crippen LogP contribution in [0.15, 0.2) is 72.8 Å². The van der Waals surface area contributed by atoms with Gasteiger partial charge in [0.15, 0.2) is 5.11 Å². The fourth-order valence-corrected chi connectivity index (χ4v) is 4.77. The van der Waals surface area contributed by atoms with E-state index in [9.17, 15) is 14.4 Å². The molecule has 0 radical (unpaired) electrons. The highest BCUT2D eigenvalue weighted by molar-refractivity contribution is 7.80. The SMILES string of the molecule is CCOC(=O)c1ccc(N2C(=O)[C@H](CC(=O)Nc3ccc(Cl)cc3)N(CCc3ccc(Cl)cc3)C2=S)cc1. The van der Waals surface area contributed by atoms with E-state index < -0.39 is 12.0 Å². The summed E-state index contributed by atoms with van der Waals surface area (Å²) in [5, 5.41) is 4.29. The van der Waals surface area contributed by atoms with E-state index in [1.165, 1.54) is 4.90 Å². The highest BCUT2D eigenvalue weighted by Crippen LogP contribution is 2.28. The summed E-state index contributed by atoms with van der Waals surface area (Å²) in [5.74, 6) is -1.10. The summed E-state index contributed by atoms with van der Waals surface area (Å²) in [5.41, 5.74) is 2.47. The summed E-state index contributed by atoms with van der Waals surface area (Å²) < 4.78 is 5.04. The Balaban J connectivity index is 1.55. The minimum Gasteiger partial charge on any atom is -0.462 e. The second-order valence-corrected chi connectivity index (χ2v) is 9.81. The molecule has 196 valence electrons. The third-order valence-electron chi connectivity index (χ3n) is 6.02. The van der Waals surface area contributed by atoms with Crippen LogP contribution < -0.4 is 10.2 Å². The number of ether oxygens (including phenoxy) is 1. The van der Waals surface area contributed by atoms with Crippen LogP contribution in [-0.4, -0.2) is 47.0 Å².